The minimum absolute atomic E-state index is 0.328. The van der Waals surface area contributed by atoms with E-state index in [9.17, 15) is 5.11 Å². The van der Waals surface area contributed by atoms with E-state index in [4.69, 9.17) is 10.5 Å². The summed E-state index contributed by atoms with van der Waals surface area (Å²) in [7, 11) is 1.56. The first-order valence-electron chi connectivity index (χ1n) is 3.51. The van der Waals surface area contributed by atoms with Crippen molar-refractivity contribution in [2.45, 2.75) is 11.6 Å². The van der Waals surface area contributed by atoms with Crippen molar-refractivity contribution in [3.8, 4) is 0 Å². The molecule has 3 N–H and O–H groups in total. The zero-order chi connectivity index (χ0) is 8.32. The van der Waals surface area contributed by atoms with Crippen molar-refractivity contribution in [2.75, 3.05) is 13.7 Å². The number of hydrogen-bond acceptors (Lipinski definition) is 3. The molecule has 1 rings (SSSR count). The molecule has 0 aromatic heterocycles. The van der Waals surface area contributed by atoms with Gasteiger partial charge in [0.15, 0.2) is 0 Å². The fourth-order valence-corrected chi connectivity index (χ4v) is 1.07. The molecular weight excluding hydrogens is 142 g/mol. The Morgan fingerprint density at radius 2 is 2.36 bits per heavy atom. The molecule has 0 amide bonds. The van der Waals surface area contributed by atoms with E-state index in [2.05, 4.69) is 0 Å². The molecule has 0 fully saturated rings. The minimum atomic E-state index is -0.747. The van der Waals surface area contributed by atoms with Crippen LogP contribution in [0.1, 0.15) is 0 Å². The molecule has 0 saturated heterocycles. The number of rotatable bonds is 2. The summed E-state index contributed by atoms with van der Waals surface area (Å²) < 4.78 is 4.88. The summed E-state index contributed by atoms with van der Waals surface area (Å²) in [6.07, 6.45) is 6.34. The standard InChI is InChI=1S/C8H13NO2/c1-11-6-8(9)5-3-2-4-7(8)10/h2-5,7,10H,6,9H2,1H3. The third kappa shape index (κ3) is 1.68. The van der Waals surface area contributed by atoms with E-state index in [-0.39, 0.29) is 0 Å². The van der Waals surface area contributed by atoms with Gasteiger partial charge in [-0.2, -0.15) is 0 Å². The number of ether oxygens (including phenoxy) is 1. The monoisotopic (exact) mass is 155 g/mol. The molecule has 2 atom stereocenters. The van der Waals surface area contributed by atoms with Gasteiger partial charge in [-0.3, -0.25) is 0 Å². The summed E-state index contributed by atoms with van der Waals surface area (Å²) in [5.41, 5.74) is 5.05. The van der Waals surface area contributed by atoms with Crippen LogP contribution in [0, 0.1) is 0 Å². The molecule has 3 nitrogen and oxygen atoms in total. The van der Waals surface area contributed by atoms with Crippen molar-refractivity contribution < 1.29 is 9.84 Å². The van der Waals surface area contributed by atoms with Gasteiger partial charge in [0.05, 0.1) is 18.2 Å². The number of hydrogen-bond donors (Lipinski definition) is 2. The molecule has 0 bridgehead atoms. The molecule has 3 heteroatoms. The van der Waals surface area contributed by atoms with E-state index in [1.807, 2.05) is 6.08 Å². The fraction of sp³-hybridized carbons (Fsp3) is 0.500. The Kier molecular flexibility index (Phi) is 2.44. The Hall–Kier alpha value is -0.640. The molecule has 0 saturated carbocycles. The first-order chi connectivity index (χ1) is 5.19. The molecule has 1 aliphatic rings. The minimum Gasteiger partial charge on any atom is -0.387 e. The topological polar surface area (TPSA) is 55.5 Å². The van der Waals surface area contributed by atoms with Gasteiger partial charge in [-0.05, 0) is 0 Å². The van der Waals surface area contributed by atoms with Crippen molar-refractivity contribution in [3.63, 3.8) is 0 Å². The van der Waals surface area contributed by atoms with E-state index in [1.165, 1.54) is 0 Å². The highest BCUT2D eigenvalue weighted by Crippen LogP contribution is 2.15. The van der Waals surface area contributed by atoms with Gasteiger partial charge in [0.1, 0.15) is 0 Å². The van der Waals surface area contributed by atoms with Crippen LogP contribution in [-0.4, -0.2) is 30.5 Å². The van der Waals surface area contributed by atoms with Gasteiger partial charge in [0.25, 0.3) is 0 Å². The molecule has 0 aliphatic heterocycles. The quantitative estimate of drug-likeness (QED) is 0.581. The first-order valence-corrected chi connectivity index (χ1v) is 3.51. The molecule has 0 heterocycles. The van der Waals surface area contributed by atoms with E-state index in [1.54, 1.807) is 25.3 Å². The molecular formula is C8H13NO2. The summed E-state index contributed by atoms with van der Waals surface area (Å²) in [5.74, 6) is 0. The third-order valence-corrected chi connectivity index (χ3v) is 1.76. The SMILES string of the molecule is COCC1(N)C=CC=CC1O. The molecule has 11 heavy (non-hydrogen) atoms. The summed E-state index contributed by atoms with van der Waals surface area (Å²) in [5, 5.41) is 9.42. The van der Waals surface area contributed by atoms with Gasteiger partial charge < -0.3 is 15.6 Å². The van der Waals surface area contributed by atoms with Gasteiger partial charge in [0.2, 0.25) is 0 Å². The molecule has 0 aromatic carbocycles. The fourth-order valence-electron chi connectivity index (χ4n) is 1.07. The number of nitrogens with two attached hydrogens (primary N) is 1. The lowest BCUT2D eigenvalue weighted by Crippen LogP contribution is -2.52. The molecule has 0 radical (unpaired) electrons. The van der Waals surface area contributed by atoms with Crippen molar-refractivity contribution in [1.29, 1.82) is 0 Å². The van der Waals surface area contributed by atoms with Crippen LogP contribution in [0.3, 0.4) is 0 Å². The van der Waals surface area contributed by atoms with E-state index < -0.39 is 11.6 Å². The highest BCUT2D eigenvalue weighted by Gasteiger charge is 2.30. The molecule has 0 spiro atoms. The summed E-state index contributed by atoms with van der Waals surface area (Å²) in [4.78, 5) is 0. The summed E-state index contributed by atoms with van der Waals surface area (Å²) in [6, 6.07) is 0. The van der Waals surface area contributed by atoms with Crippen LogP contribution in [0.5, 0.6) is 0 Å². The number of methoxy groups -OCH3 is 1. The number of allylic oxidation sites excluding steroid dienone is 2. The maximum absolute atomic E-state index is 9.42. The predicted molar refractivity (Wildman–Crippen MR) is 43.1 cm³/mol. The average Bonchev–Trinajstić information content (AvgIpc) is 1.96. The van der Waals surface area contributed by atoms with Crippen LogP contribution < -0.4 is 5.73 Å². The lowest BCUT2D eigenvalue weighted by molar-refractivity contribution is 0.0755. The Labute approximate surface area is 66.2 Å². The highest BCUT2D eigenvalue weighted by atomic mass is 16.5. The lowest BCUT2D eigenvalue weighted by atomic mass is 9.90. The smallest absolute Gasteiger partial charge is 0.0962 e. The van der Waals surface area contributed by atoms with Crippen molar-refractivity contribution >= 4 is 0 Å². The highest BCUT2D eigenvalue weighted by molar-refractivity contribution is 5.24. The van der Waals surface area contributed by atoms with Crippen LogP contribution in [0.4, 0.5) is 0 Å². The maximum atomic E-state index is 9.42. The van der Waals surface area contributed by atoms with Gasteiger partial charge in [-0.25, -0.2) is 0 Å². The number of aliphatic hydroxyl groups excluding tert-OH is 1. The third-order valence-electron chi connectivity index (χ3n) is 1.76. The largest absolute Gasteiger partial charge is 0.387 e. The van der Waals surface area contributed by atoms with Gasteiger partial charge >= 0.3 is 0 Å². The second-order valence-electron chi connectivity index (χ2n) is 2.73. The van der Waals surface area contributed by atoms with Crippen molar-refractivity contribution in [3.05, 3.63) is 24.3 Å². The van der Waals surface area contributed by atoms with Crippen LogP contribution in [-0.2, 0) is 4.74 Å². The average molecular weight is 155 g/mol. The zero-order valence-corrected chi connectivity index (χ0v) is 6.53. The Morgan fingerprint density at radius 1 is 1.64 bits per heavy atom. The maximum Gasteiger partial charge on any atom is 0.0962 e. The van der Waals surface area contributed by atoms with Crippen LogP contribution in [0.15, 0.2) is 24.3 Å². The summed E-state index contributed by atoms with van der Waals surface area (Å²) >= 11 is 0. The normalized spacial score (nSPS) is 36.1. The van der Waals surface area contributed by atoms with Crippen LogP contribution in [0.2, 0.25) is 0 Å². The van der Waals surface area contributed by atoms with Gasteiger partial charge in [-0.1, -0.05) is 24.3 Å². The molecule has 2 unspecified atom stereocenters. The van der Waals surface area contributed by atoms with Crippen molar-refractivity contribution in [2.24, 2.45) is 5.73 Å². The van der Waals surface area contributed by atoms with Gasteiger partial charge in [0, 0.05) is 7.11 Å². The van der Waals surface area contributed by atoms with Crippen LogP contribution >= 0.6 is 0 Å². The molecule has 0 aromatic rings. The first kappa shape index (κ1) is 8.46. The van der Waals surface area contributed by atoms with Crippen LogP contribution in [0.25, 0.3) is 0 Å². The number of aliphatic hydroxyl groups is 1. The lowest BCUT2D eigenvalue weighted by Gasteiger charge is -2.30. The van der Waals surface area contributed by atoms with E-state index in [0.717, 1.165) is 0 Å². The second kappa shape index (κ2) is 3.17. The molecule has 62 valence electrons. The zero-order valence-electron chi connectivity index (χ0n) is 6.53. The van der Waals surface area contributed by atoms with Gasteiger partial charge in [-0.15, -0.1) is 0 Å². The Balaban J connectivity index is 2.68. The molecule has 1 aliphatic carbocycles. The van der Waals surface area contributed by atoms with E-state index in [0.29, 0.717) is 6.61 Å². The Bertz CT molecular complexity index is 189. The second-order valence-corrected chi connectivity index (χ2v) is 2.73. The summed E-state index contributed by atoms with van der Waals surface area (Å²) in [6.45, 7) is 0.328. The van der Waals surface area contributed by atoms with E-state index >= 15 is 0 Å². The Morgan fingerprint density at radius 3 is 2.91 bits per heavy atom. The predicted octanol–water partition coefficient (Wildman–Crippen LogP) is -0.183. The van der Waals surface area contributed by atoms with Crippen molar-refractivity contribution in [1.82, 2.24) is 0 Å².